The molecule has 1 atom stereocenters. The number of hydrogen-bond acceptors (Lipinski definition) is 3. The molecule has 0 bridgehead atoms. The smallest absolute Gasteiger partial charge is 0.258 e. The van der Waals surface area contributed by atoms with Gasteiger partial charge >= 0.3 is 0 Å². The maximum absolute atomic E-state index is 13.6. The summed E-state index contributed by atoms with van der Waals surface area (Å²) in [5.74, 6) is -3.83. The molecule has 1 aliphatic rings. The average molecular weight is 286 g/mol. The van der Waals surface area contributed by atoms with Gasteiger partial charge in [-0.3, -0.25) is 4.79 Å². The van der Waals surface area contributed by atoms with Gasteiger partial charge in [-0.2, -0.15) is 0 Å². The number of halogens is 2. The van der Waals surface area contributed by atoms with E-state index in [9.17, 15) is 13.6 Å². The number of amides is 1. The lowest BCUT2D eigenvalue weighted by Crippen LogP contribution is -2.32. The molecule has 1 unspecified atom stereocenters. The molecular formula is C13H16F2N2OS. The van der Waals surface area contributed by atoms with Gasteiger partial charge in [-0.25, -0.2) is 13.2 Å². The van der Waals surface area contributed by atoms with Gasteiger partial charge in [-0.1, -0.05) is 20.4 Å². The van der Waals surface area contributed by atoms with Gasteiger partial charge in [0.2, 0.25) is 5.91 Å². The first-order valence-corrected chi connectivity index (χ1v) is 6.81. The lowest BCUT2D eigenvalue weighted by atomic mass is 10.1. The molecule has 1 aromatic heterocycles. The molecule has 0 saturated heterocycles. The van der Waals surface area contributed by atoms with Gasteiger partial charge in [-0.15, -0.1) is 0 Å². The van der Waals surface area contributed by atoms with E-state index in [-0.39, 0.29) is 12.5 Å². The molecule has 1 amide bonds. The van der Waals surface area contributed by atoms with E-state index in [1.54, 1.807) is 11.6 Å². The summed E-state index contributed by atoms with van der Waals surface area (Å²) in [7, 11) is 0. The highest BCUT2D eigenvalue weighted by atomic mass is 32.1. The summed E-state index contributed by atoms with van der Waals surface area (Å²) in [6, 6.07) is 0. The first-order chi connectivity index (χ1) is 8.80. The molecule has 1 heterocycles. The van der Waals surface area contributed by atoms with Crippen LogP contribution in [0.25, 0.3) is 0 Å². The molecule has 6 heteroatoms. The second kappa shape index (κ2) is 4.67. The van der Waals surface area contributed by atoms with Crippen molar-refractivity contribution in [2.45, 2.75) is 26.3 Å². The summed E-state index contributed by atoms with van der Waals surface area (Å²) in [5.41, 5.74) is -0.193. The van der Waals surface area contributed by atoms with Gasteiger partial charge in [0.25, 0.3) is 5.92 Å². The molecule has 0 radical (unpaired) electrons. The first kappa shape index (κ1) is 14.1. The molecule has 1 saturated carbocycles. The van der Waals surface area contributed by atoms with Gasteiger partial charge < -0.3 is 4.90 Å². The number of rotatable bonds is 5. The Bertz CT molecular complexity index is 471. The topological polar surface area (TPSA) is 33.2 Å². The third-order valence-corrected chi connectivity index (χ3v) is 4.47. The Morgan fingerprint density at radius 2 is 2.26 bits per heavy atom. The van der Waals surface area contributed by atoms with Gasteiger partial charge in [0.05, 0.1) is 5.92 Å². The van der Waals surface area contributed by atoms with E-state index >= 15 is 0 Å². The van der Waals surface area contributed by atoms with Crippen molar-refractivity contribution in [3.8, 4) is 0 Å². The molecule has 104 valence electrons. The summed E-state index contributed by atoms with van der Waals surface area (Å²) in [6.07, 6.45) is 2.80. The third-order valence-electron chi connectivity index (χ3n) is 3.83. The van der Waals surface area contributed by atoms with Crippen LogP contribution in [0.4, 0.5) is 8.78 Å². The molecule has 1 aliphatic carbocycles. The molecular weight excluding hydrogens is 270 g/mol. The maximum atomic E-state index is 13.6. The zero-order valence-corrected chi connectivity index (χ0v) is 11.7. The van der Waals surface area contributed by atoms with Crippen LogP contribution in [0.3, 0.4) is 0 Å². The van der Waals surface area contributed by atoms with Crippen molar-refractivity contribution in [2.24, 2.45) is 11.3 Å². The average Bonchev–Trinajstić information content (AvgIpc) is 2.78. The van der Waals surface area contributed by atoms with Crippen molar-refractivity contribution in [1.82, 2.24) is 9.27 Å². The van der Waals surface area contributed by atoms with Crippen LogP contribution < -0.4 is 0 Å². The van der Waals surface area contributed by atoms with Crippen LogP contribution in [-0.2, 0) is 11.3 Å². The summed E-state index contributed by atoms with van der Waals surface area (Å²) >= 11 is 1.27. The Kier molecular flexibility index (Phi) is 3.47. The second-order valence-electron chi connectivity index (χ2n) is 5.35. The van der Waals surface area contributed by atoms with Crippen LogP contribution in [0.1, 0.15) is 19.4 Å². The van der Waals surface area contributed by atoms with Gasteiger partial charge in [0.1, 0.15) is 0 Å². The van der Waals surface area contributed by atoms with Crippen molar-refractivity contribution in [1.29, 1.82) is 0 Å². The molecule has 0 N–H and O–H groups in total. The molecule has 1 fully saturated rings. The number of alkyl halides is 2. The third kappa shape index (κ3) is 2.41. The van der Waals surface area contributed by atoms with Crippen molar-refractivity contribution < 1.29 is 13.6 Å². The maximum Gasteiger partial charge on any atom is 0.258 e. The SMILES string of the molecule is C=CC(=O)N(Cc1cnsc1)CC1C(C)(C)C1(F)F. The summed E-state index contributed by atoms with van der Waals surface area (Å²) < 4.78 is 31.2. The summed E-state index contributed by atoms with van der Waals surface area (Å²) in [4.78, 5) is 13.2. The van der Waals surface area contributed by atoms with Gasteiger partial charge in [-0.05, 0) is 17.6 Å². The second-order valence-corrected chi connectivity index (χ2v) is 6.01. The van der Waals surface area contributed by atoms with E-state index in [1.807, 2.05) is 0 Å². The number of carbonyl (C=O) groups is 1. The van der Waals surface area contributed by atoms with Crippen LogP contribution in [0.2, 0.25) is 0 Å². The van der Waals surface area contributed by atoms with E-state index in [1.165, 1.54) is 30.3 Å². The number of aromatic nitrogens is 1. The Morgan fingerprint density at radius 3 is 2.68 bits per heavy atom. The van der Waals surface area contributed by atoms with Crippen LogP contribution >= 0.6 is 11.5 Å². The van der Waals surface area contributed by atoms with E-state index in [4.69, 9.17) is 0 Å². The lowest BCUT2D eigenvalue weighted by molar-refractivity contribution is -0.127. The minimum atomic E-state index is -2.71. The van der Waals surface area contributed by atoms with Crippen molar-refractivity contribution >= 4 is 17.4 Å². The minimum absolute atomic E-state index is 0.0424. The normalized spacial score (nSPS) is 22.8. The van der Waals surface area contributed by atoms with Crippen LogP contribution in [0.5, 0.6) is 0 Å². The van der Waals surface area contributed by atoms with Crippen molar-refractivity contribution in [2.75, 3.05) is 6.54 Å². The molecule has 19 heavy (non-hydrogen) atoms. The molecule has 0 aliphatic heterocycles. The fourth-order valence-electron chi connectivity index (χ4n) is 2.21. The highest BCUT2D eigenvalue weighted by molar-refractivity contribution is 7.03. The van der Waals surface area contributed by atoms with Gasteiger partial charge in [0, 0.05) is 35.6 Å². The predicted molar refractivity (Wildman–Crippen MR) is 69.9 cm³/mol. The zero-order chi connectivity index (χ0) is 14.3. The highest BCUT2D eigenvalue weighted by Gasteiger charge is 2.75. The fraction of sp³-hybridized carbons (Fsp3) is 0.538. The Balaban J connectivity index is 2.08. The van der Waals surface area contributed by atoms with Crippen LogP contribution in [0.15, 0.2) is 24.2 Å². The molecule has 0 spiro atoms. The molecule has 2 rings (SSSR count). The fourth-order valence-corrected chi connectivity index (χ4v) is 2.74. The summed E-state index contributed by atoms with van der Waals surface area (Å²) in [6.45, 7) is 6.81. The van der Waals surface area contributed by atoms with Crippen molar-refractivity contribution in [3.63, 3.8) is 0 Å². The molecule has 1 aromatic rings. The Hall–Kier alpha value is -1.30. The predicted octanol–water partition coefficient (Wildman–Crippen LogP) is 2.95. The van der Waals surface area contributed by atoms with E-state index < -0.39 is 17.3 Å². The highest BCUT2D eigenvalue weighted by Crippen LogP contribution is 2.65. The Morgan fingerprint density at radius 1 is 1.63 bits per heavy atom. The quantitative estimate of drug-likeness (QED) is 0.780. The molecule has 0 aromatic carbocycles. The van der Waals surface area contributed by atoms with Crippen LogP contribution in [0, 0.1) is 11.3 Å². The van der Waals surface area contributed by atoms with Gasteiger partial charge in [0.15, 0.2) is 0 Å². The first-order valence-electron chi connectivity index (χ1n) is 5.98. The lowest BCUT2D eigenvalue weighted by Gasteiger charge is -2.20. The Labute approximate surface area is 115 Å². The standard InChI is InChI=1S/C13H16F2N2OS/c1-4-11(18)17(6-9-5-16-19-8-9)7-10-12(2,3)13(10,14)15/h4-5,8,10H,1,6-7H2,2-3H3. The van der Waals surface area contributed by atoms with E-state index in [0.29, 0.717) is 6.54 Å². The number of carbonyl (C=O) groups excluding carboxylic acids is 1. The monoisotopic (exact) mass is 286 g/mol. The molecule has 3 nitrogen and oxygen atoms in total. The van der Waals surface area contributed by atoms with E-state index in [0.717, 1.165) is 11.6 Å². The zero-order valence-electron chi connectivity index (χ0n) is 10.9. The minimum Gasteiger partial charge on any atom is -0.334 e. The van der Waals surface area contributed by atoms with Crippen molar-refractivity contribution in [3.05, 3.63) is 29.8 Å². The van der Waals surface area contributed by atoms with E-state index in [2.05, 4.69) is 11.0 Å². The number of nitrogens with zero attached hydrogens (tertiary/aromatic N) is 2. The van der Waals surface area contributed by atoms with Crippen LogP contribution in [-0.4, -0.2) is 27.6 Å². The summed E-state index contributed by atoms with van der Waals surface area (Å²) in [5, 5.41) is 1.81. The number of hydrogen-bond donors (Lipinski definition) is 0. The largest absolute Gasteiger partial charge is 0.334 e.